The minimum atomic E-state index is -0.369. The van der Waals surface area contributed by atoms with Crippen LogP contribution in [0.1, 0.15) is 23.7 Å². The predicted octanol–water partition coefficient (Wildman–Crippen LogP) is 4.07. The first-order valence-corrected chi connectivity index (χ1v) is 7.38. The van der Waals surface area contributed by atoms with Crippen LogP contribution in [0.15, 0.2) is 59.5 Å². The van der Waals surface area contributed by atoms with E-state index in [9.17, 15) is 5.11 Å². The fraction of sp³-hybridized carbons (Fsp3) is 0.250. The molecule has 1 unspecified atom stereocenters. The Morgan fingerprint density at radius 2 is 1.67 bits per heavy atom. The molecule has 0 fully saturated rings. The molecule has 0 aliphatic rings. The van der Waals surface area contributed by atoms with Crippen molar-refractivity contribution in [3.8, 4) is 0 Å². The molecule has 0 aliphatic heterocycles. The van der Waals surface area contributed by atoms with Crippen molar-refractivity contribution in [2.45, 2.75) is 23.8 Å². The van der Waals surface area contributed by atoms with Crippen LogP contribution in [-0.4, -0.2) is 11.4 Å². The van der Waals surface area contributed by atoms with Gasteiger partial charge in [-0.15, -0.1) is 11.8 Å². The van der Waals surface area contributed by atoms with Gasteiger partial charge in [-0.3, -0.25) is 0 Å². The number of aryl methyl sites for hydroxylation is 1. The molecule has 1 N–H and O–H groups in total. The third kappa shape index (κ3) is 3.62. The lowest BCUT2D eigenvalue weighted by molar-refractivity contribution is 0.168. The van der Waals surface area contributed by atoms with Crippen LogP contribution in [0.2, 0.25) is 0 Å². The maximum absolute atomic E-state index is 10.1. The van der Waals surface area contributed by atoms with Crippen LogP contribution >= 0.6 is 11.8 Å². The monoisotopic (exact) mass is 258 g/mol. The number of aliphatic hydroxyl groups excluding tert-OH is 1. The van der Waals surface area contributed by atoms with E-state index in [0.717, 1.165) is 18.4 Å². The zero-order valence-corrected chi connectivity index (χ0v) is 11.4. The van der Waals surface area contributed by atoms with Crippen molar-refractivity contribution in [3.05, 3.63) is 65.7 Å². The molecule has 94 valence electrons. The van der Waals surface area contributed by atoms with Gasteiger partial charge in [-0.25, -0.2) is 0 Å². The van der Waals surface area contributed by atoms with Gasteiger partial charge in [0.05, 0.1) is 6.10 Å². The summed E-state index contributed by atoms with van der Waals surface area (Å²) >= 11 is 1.75. The Balaban J connectivity index is 1.91. The average Bonchev–Trinajstić information content (AvgIpc) is 2.46. The molecule has 2 aromatic rings. The molecule has 0 bridgehead atoms. The van der Waals surface area contributed by atoms with Gasteiger partial charge in [0, 0.05) is 4.90 Å². The van der Waals surface area contributed by atoms with Crippen LogP contribution in [0.4, 0.5) is 0 Å². The van der Waals surface area contributed by atoms with Crippen molar-refractivity contribution in [2.24, 2.45) is 0 Å². The fourth-order valence-electron chi connectivity index (χ4n) is 1.94. The zero-order valence-electron chi connectivity index (χ0n) is 10.5. The normalized spacial score (nSPS) is 12.3. The number of thioether (sulfide) groups is 1. The summed E-state index contributed by atoms with van der Waals surface area (Å²) in [4.78, 5) is 1.28. The van der Waals surface area contributed by atoms with Gasteiger partial charge in [0.15, 0.2) is 0 Å². The minimum Gasteiger partial charge on any atom is -0.388 e. The van der Waals surface area contributed by atoms with Gasteiger partial charge in [-0.05, 0) is 42.4 Å². The first-order chi connectivity index (χ1) is 8.79. The van der Waals surface area contributed by atoms with Crippen LogP contribution < -0.4 is 0 Å². The topological polar surface area (TPSA) is 20.2 Å². The summed E-state index contributed by atoms with van der Waals surface area (Å²) in [6, 6.07) is 18.4. The van der Waals surface area contributed by atoms with Crippen LogP contribution in [0.3, 0.4) is 0 Å². The Labute approximate surface area is 113 Å². The molecular weight excluding hydrogens is 240 g/mol. The zero-order chi connectivity index (χ0) is 12.8. The molecule has 0 heterocycles. The molecule has 2 heteroatoms. The van der Waals surface area contributed by atoms with Crippen molar-refractivity contribution >= 4 is 11.8 Å². The highest BCUT2D eigenvalue weighted by molar-refractivity contribution is 7.98. The lowest BCUT2D eigenvalue weighted by Gasteiger charge is -2.10. The largest absolute Gasteiger partial charge is 0.388 e. The van der Waals surface area contributed by atoms with Crippen molar-refractivity contribution < 1.29 is 5.11 Å². The summed E-state index contributed by atoms with van der Waals surface area (Å²) in [6.45, 7) is 0. The highest BCUT2D eigenvalue weighted by atomic mass is 32.2. The fourth-order valence-corrected chi connectivity index (χ4v) is 2.35. The lowest BCUT2D eigenvalue weighted by Crippen LogP contribution is -1.99. The van der Waals surface area contributed by atoms with Crippen molar-refractivity contribution in [1.82, 2.24) is 0 Å². The van der Waals surface area contributed by atoms with E-state index in [-0.39, 0.29) is 6.10 Å². The van der Waals surface area contributed by atoms with Gasteiger partial charge in [0.2, 0.25) is 0 Å². The SMILES string of the molecule is CSc1ccc(CCC(O)c2ccccc2)cc1. The number of hydrogen-bond donors (Lipinski definition) is 1. The van der Waals surface area contributed by atoms with E-state index >= 15 is 0 Å². The molecule has 0 saturated carbocycles. The number of benzene rings is 2. The molecule has 0 radical (unpaired) electrons. The third-order valence-electron chi connectivity index (χ3n) is 3.05. The number of aliphatic hydroxyl groups is 1. The molecule has 1 atom stereocenters. The molecule has 2 aromatic carbocycles. The molecule has 2 rings (SSSR count). The van der Waals surface area contributed by atoms with E-state index in [1.807, 2.05) is 30.3 Å². The maximum atomic E-state index is 10.1. The first-order valence-electron chi connectivity index (χ1n) is 6.15. The molecule has 1 nitrogen and oxygen atoms in total. The van der Waals surface area contributed by atoms with Crippen molar-refractivity contribution in [3.63, 3.8) is 0 Å². The summed E-state index contributed by atoms with van der Waals surface area (Å²) in [6.07, 6.45) is 3.38. The summed E-state index contributed by atoms with van der Waals surface area (Å²) < 4.78 is 0. The molecule has 0 amide bonds. The molecule has 0 saturated heterocycles. The third-order valence-corrected chi connectivity index (χ3v) is 3.79. The minimum absolute atomic E-state index is 0.369. The van der Waals surface area contributed by atoms with Gasteiger partial charge >= 0.3 is 0 Å². The summed E-state index contributed by atoms with van der Waals surface area (Å²) in [5.41, 5.74) is 2.28. The van der Waals surface area contributed by atoms with Crippen molar-refractivity contribution in [1.29, 1.82) is 0 Å². The Bertz CT molecular complexity index is 464. The van der Waals surface area contributed by atoms with Crippen molar-refractivity contribution in [2.75, 3.05) is 6.26 Å². The van der Waals surface area contributed by atoms with E-state index < -0.39 is 0 Å². The van der Waals surface area contributed by atoms with Gasteiger partial charge < -0.3 is 5.11 Å². The Hall–Kier alpha value is -1.25. The van der Waals surface area contributed by atoms with Crippen LogP contribution in [0.25, 0.3) is 0 Å². The average molecular weight is 258 g/mol. The maximum Gasteiger partial charge on any atom is 0.0793 e. The number of rotatable bonds is 5. The van der Waals surface area contributed by atoms with Gasteiger partial charge in [-0.2, -0.15) is 0 Å². The summed E-state index contributed by atoms with van der Waals surface area (Å²) in [7, 11) is 0. The van der Waals surface area contributed by atoms with Gasteiger partial charge in [0.1, 0.15) is 0 Å². The van der Waals surface area contributed by atoms with E-state index in [1.54, 1.807) is 11.8 Å². The predicted molar refractivity (Wildman–Crippen MR) is 77.9 cm³/mol. The lowest BCUT2D eigenvalue weighted by atomic mass is 10.0. The summed E-state index contributed by atoms with van der Waals surface area (Å²) in [5.74, 6) is 0. The van der Waals surface area contributed by atoms with Crippen LogP contribution in [0, 0.1) is 0 Å². The highest BCUT2D eigenvalue weighted by Crippen LogP contribution is 2.20. The smallest absolute Gasteiger partial charge is 0.0793 e. The van der Waals surface area contributed by atoms with Crippen LogP contribution in [0.5, 0.6) is 0 Å². The Morgan fingerprint density at radius 3 is 2.28 bits per heavy atom. The van der Waals surface area contributed by atoms with Gasteiger partial charge in [-0.1, -0.05) is 42.5 Å². The second-order valence-electron chi connectivity index (χ2n) is 4.31. The Morgan fingerprint density at radius 1 is 1.00 bits per heavy atom. The van der Waals surface area contributed by atoms with E-state index in [4.69, 9.17) is 0 Å². The standard InChI is InChI=1S/C16H18OS/c1-18-15-10-7-13(8-11-15)9-12-16(17)14-5-3-2-4-6-14/h2-8,10-11,16-17H,9,12H2,1H3. The summed E-state index contributed by atoms with van der Waals surface area (Å²) in [5, 5.41) is 10.1. The molecule has 0 aliphatic carbocycles. The molecule has 0 spiro atoms. The quantitative estimate of drug-likeness (QED) is 0.816. The highest BCUT2D eigenvalue weighted by Gasteiger charge is 2.06. The van der Waals surface area contributed by atoms with E-state index in [2.05, 4.69) is 30.5 Å². The molecule has 0 aromatic heterocycles. The van der Waals surface area contributed by atoms with E-state index in [0.29, 0.717) is 0 Å². The first kappa shape index (κ1) is 13.2. The van der Waals surface area contributed by atoms with E-state index in [1.165, 1.54) is 10.5 Å². The molecular formula is C16H18OS. The van der Waals surface area contributed by atoms with Gasteiger partial charge in [0.25, 0.3) is 0 Å². The Kier molecular flexibility index (Phi) is 4.85. The van der Waals surface area contributed by atoms with Crippen LogP contribution in [-0.2, 0) is 6.42 Å². The second kappa shape index (κ2) is 6.62. The molecule has 18 heavy (non-hydrogen) atoms. The number of hydrogen-bond acceptors (Lipinski definition) is 2. The second-order valence-corrected chi connectivity index (χ2v) is 5.19.